The van der Waals surface area contributed by atoms with Gasteiger partial charge in [0.2, 0.25) is 5.91 Å². The summed E-state index contributed by atoms with van der Waals surface area (Å²) in [6.07, 6.45) is 2.03. The van der Waals surface area contributed by atoms with Gasteiger partial charge in [-0.05, 0) is 22.0 Å². The minimum Gasteiger partial charge on any atom is -0.340 e. The molecule has 0 aromatic carbocycles. The summed E-state index contributed by atoms with van der Waals surface area (Å²) in [6, 6.07) is 2.03. The van der Waals surface area contributed by atoms with Gasteiger partial charge in [-0.3, -0.25) is 4.79 Å². The van der Waals surface area contributed by atoms with Gasteiger partial charge in [-0.2, -0.15) is 0 Å². The zero-order valence-corrected chi connectivity index (χ0v) is 10.4. The van der Waals surface area contributed by atoms with Gasteiger partial charge in [0.25, 0.3) is 0 Å². The lowest BCUT2D eigenvalue weighted by molar-refractivity contribution is -0.129. The van der Waals surface area contributed by atoms with Gasteiger partial charge in [-0.25, -0.2) is 0 Å². The Morgan fingerprint density at radius 2 is 2.50 bits per heavy atom. The topological polar surface area (TPSA) is 20.3 Å². The van der Waals surface area contributed by atoms with Gasteiger partial charge in [0.05, 0.1) is 6.54 Å². The van der Waals surface area contributed by atoms with Crippen molar-refractivity contribution < 1.29 is 4.79 Å². The number of amides is 1. The van der Waals surface area contributed by atoms with E-state index in [-0.39, 0.29) is 5.91 Å². The number of thiophene rings is 1. The van der Waals surface area contributed by atoms with E-state index >= 15 is 0 Å². The van der Waals surface area contributed by atoms with E-state index in [2.05, 4.69) is 22.5 Å². The molecule has 0 radical (unpaired) electrons. The van der Waals surface area contributed by atoms with Crippen LogP contribution in [0.5, 0.6) is 0 Å². The van der Waals surface area contributed by atoms with Crippen molar-refractivity contribution in [3.8, 4) is 0 Å². The summed E-state index contributed by atoms with van der Waals surface area (Å²) >= 11 is 5.03. The van der Waals surface area contributed by atoms with Crippen molar-refractivity contribution in [2.45, 2.75) is 13.0 Å². The molecule has 14 heavy (non-hydrogen) atoms. The second kappa shape index (κ2) is 5.32. The van der Waals surface area contributed by atoms with Gasteiger partial charge in [-0.15, -0.1) is 17.9 Å². The average Bonchev–Trinajstić information content (AvgIpc) is 2.51. The maximum absolute atomic E-state index is 11.4. The lowest BCUT2D eigenvalue weighted by atomic mass is 10.3. The molecular formula is C10H12BrNOS. The van der Waals surface area contributed by atoms with Crippen LogP contribution in [0.2, 0.25) is 0 Å². The van der Waals surface area contributed by atoms with Crippen molar-refractivity contribution in [1.82, 2.24) is 4.90 Å². The summed E-state index contributed by atoms with van der Waals surface area (Å²) in [4.78, 5) is 14.3. The fraction of sp³-hybridized carbons (Fsp3) is 0.300. The Bertz CT molecular complexity index is 335. The molecule has 76 valence electrons. The minimum atomic E-state index is 0.101. The van der Waals surface area contributed by atoms with Gasteiger partial charge in [0.1, 0.15) is 0 Å². The predicted molar refractivity (Wildman–Crippen MR) is 63.3 cm³/mol. The van der Waals surface area contributed by atoms with E-state index in [1.165, 1.54) is 4.88 Å². The smallest absolute Gasteiger partial charge is 0.226 e. The number of carbonyl (C=O) groups excluding carboxylic acids is 1. The van der Waals surface area contributed by atoms with Crippen LogP contribution in [0.1, 0.15) is 11.3 Å². The van der Waals surface area contributed by atoms with Gasteiger partial charge in [0, 0.05) is 28.2 Å². The molecule has 1 heterocycles. The third-order valence-electron chi connectivity index (χ3n) is 1.76. The highest BCUT2D eigenvalue weighted by Gasteiger charge is 2.08. The summed E-state index contributed by atoms with van der Waals surface area (Å²) in [5, 5.41) is 2.02. The van der Waals surface area contributed by atoms with E-state index in [9.17, 15) is 4.79 Å². The molecule has 0 atom stereocenters. The van der Waals surface area contributed by atoms with Gasteiger partial charge in [-0.1, -0.05) is 6.08 Å². The average molecular weight is 274 g/mol. The Morgan fingerprint density at radius 3 is 3.00 bits per heavy atom. The molecule has 0 saturated heterocycles. The third-order valence-corrected chi connectivity index (χ3v) is 3.44. The van der Waals surface area contributed by atoms with Crippen molar-refractivity contribution in [2.24, 2.45) is 0 Å². The molecule has 1 rings (SSSR count). The zero-order valence-electron chi connectivity index (χ0n) is 8.00. The van der Waals surface area contributed by atoms with E-state index in [0.29, 0.717) is 13.0 Å². The fourth-order valence-electron chi connectivity index (χ4n) is 1.04. The highest BCUT2D eigenvalue weighted by Crippen LogP contribution is 2.20. The third kappa shape index (κ3) is 3.27. The van der Waals surface area contributed by atoms with Crippen LogP contribution in [0.4, 0.5) is 0 Å². The van der Waals surface area contributed by atoms with Gasteiger partial charge >= 0.3 is 0 Å². The molecule has 0 aliphatic rings. The quantitative estimate of drug-likeness (QED) is 0.773. The maximum Gasteiger partial charge on any atom is 0.226 e. The molecule has 0 spiro atoms. The molecule has 0 unspecified atom stereocenters. The van der Waals surface area contributed by atoms with Crippen molar-refractivity contribution >= 4 is 33.2 Å². The van der Waals surface area contributed by atoms with Gasteiger partial charge in [0.15, 0.2) is 0 Å². The Balaban J connectivity index is 2.52. The van der Waals surface area contributed by atoms with Crippen LogP contribution in [0.25, 0.3) is 0 Å². The highest BCUT2D eigenvalue weighted by molar-refractivity contribution is 9.10. The molecule has 0 aliphatic carbocycles. The van der Waals surface area contributed by atoms with Crippen LogP contribution in [-0.2, 0) is 11.3 Å². The second-order valence-corrected chi connectivity index (χ2v) is 4.89. The molecule has 0 fully saturated rings. The predicted octanol–water partition coefficient (Wildman–Crippen LogP) is 3.05. The summed E-state index contributed by atoms with van der Waals surface area (Å²) in [7, 11) is 1.81. The van der Waals surface area contributed by atoms with E-state index in [4.69, 9.17) is 0 Å². The molecule has 2 nitrogen and oxygen atoms in total. The highest BCUT2D eigenvalue weighted by atomic mass is 79.9. The van der Waals surface area contributed by atoms with Crippen LogP contribution in [0, 0.1) is 0 Å². The second-order valence-electron chi connectivity index (χ2n) is 2.97. The first-order chi connectivity index (χ1) is 6.63. The molecule has 0 saturated carbocycles. The Morgan fingerprint density at radius 1 is 1.79 bits per heavy atom. The fourth-order valence-corrected chi connectivity index (χ4v) is 2.54. The standard InChI is InChI=1S/C10H12BrNOS/c1-3-4-10(13)12(2)6-9-5-8(11)7-14-9/h3,5,7H,1,4,6H2,2H3. The van der Waals surface area contributed by atoms with E-state index in [0.717, 1.165) is 4.47 Å². The Kier molecular flexibility index (Phi) is 4.35. The summed E-state index contributed by atoms with van der Waals surface area (Å²) in [5.74, 6) is 0.101. The van der Waals surface area contributed by atoms with E-state index < -0.39 is 0 Å². The molecule has 1 aromatic heterocycles. The number of halogens is 1. The number of carbonyl (C=O) groups is 1. The number of rotatable bonds is 4. The monoisotopic (exact) mass is 273 g/mol. The van der Waals surface area contributed by atoms with Crippen molar-refractivity contribution in [1.29, 1.82) is 0 Å². The lowest BCUT2D eigenvalue weighted by Crippen LogP contribution is -2.24. The van der Waals surface area contributed by atoms with Crippen LogP contribution >= 0.6 is 27.3 Å². The summed E-state index contributed by atoms with van der Waals surface area (Å²) in [6.45, 7) is 4.21. The SMILES string of the molecule is C=CCC(=O)N(C)Cc1cc(Br)cs1. The lowest BCUT2D eigenvalue weighted by Gasteiger charge is -2.14. The number of hydrogen-bond donors (Lipinski definition) is 0. The first kappa shape index (κ1) is 11.5. The Hall–Kier alpha value is -0.610. The summed E-state index contributed by atoms with van der Waals surface area (Å²) < 4.78 is 1.07. The molecule has 1 aromatic rings. The first-order valence-corrected chi connectivity index (χ1v) is 5.88. The van der Waals surface area contributed by atoms with Crippen LogP contribution in [-0.4, -0.2) is 17.9 Å². The normalized spacial score (nSPS) is 9.86. The van der Waals surface area contributed by atoms with Crippen LogP contribution < -0.4 is 0 Å². The van der Waals surface area contributed by atoms with E-state index in [1.54, 1.807) is 29.4 Å². The molecule has 1 amide bonds. The summed E-state index contributed by atoms with van der Waals surface area (Å²) in [5.41, 5.74) is 0. The maximum atomic E-state index is 11.4. The molecule has 0 bridgehead atoms. The van der Waals surface area contributed by atoms with Crippen molar-refractivity contribution in [2.75, 3.05) is 7.05 Å². The molecule has 0 aliphatic heterocycles. The number of nitrogens with zero attached hydrogens (tertiary/aromatic N) is 1. The van der Waals surface area contributed by atoms with Crippen molar-refractivity contribution in [3.63, 3.8) is 0 Å². The molecule has 4 heteroatoms. The van der Waals surface area contributed by atoms with Crippen molar-refractivity contribution in [3.05, 3.63) is 33.5 Å². The number of hydrogen-bond acceptors (Lipinski definition) is 2. The Labute approximate surface area is 96.4 Å². The van der Waals surface area contributed by atoms with Crippen LogP contribution in [0.3, 0.4) is 0 Å². The first-order valence-electron chi connectivity index (χ1n) is 4.21. The molecular weight excluding hydrogens is 262 g/mol. The van der Waals surface area contributed by atoms with Crippen LogP contribution in [0.15, 0.2) is 28.6 Å². The zero-order chi connectivity index (χ0) is 10.6. The largest absolute Gasteiger partial charge is 0.340 e. The minimum absolute atomic E-state index is 0.101. The van der Waals surface area contributed by atoms with Gasteiger partial charge < -0.3 is 4.90 Å². The molecule has 0 N–H and O–H groups in total. The van der Waals surface area contributed by atoms with E-state index in [1.807, 2.05) is 11.4 Å².